The molecule has 1 rings (SSSR count). The van der Waals surface area contributed by atoms with E-state index in [0.717, 1.165) is 25.9 Å². The number of hydrogen-bond acceptors (Lipinski definition) is 2. The maximum absolute atomic E-state index is 11.0. The average molecular weight is 177 g/mol. The Morgan fingerprint density at radius 2 is 2.18 bits per heavy atom. The largest absolute Gasteiger partial charge is 0.213 e. The van der Waals surface area contributed by atoms with Gasteiger partial charge >= 0.3 is 0 Å². The Hall–Kier alpha value is -0.0900. The first kappa shape index (κ1) is 9.00. The molecule has 0 bridgehead atoms. The normalized spacial score (nSPS) is 27.6. The zero-order valence-electron chi connectivity index (χ0n) is 7.08. The first-order chi connectivity index (χ1) is 5.04. The quantitative estimate of drug-likeness (QED) is 0.622. The second kappa shape index (κ2) is 3.11. The maximum atomic E-state index is 11.0. The molecule has 0 aromatic heterocycles. The van der Waals surface area contributed by atoms with E-state index in [-0.39, 0.29) is 0 Å². The van der Waals surface area contributed by atoms with Crippen molar-refractivity contribution in [3.8, 4) is 0 Å². The molecule has 0 spiro atoms. The maximum Gasteiger partial charge on any atom is 0.211 e. The lowest BCUT2D eigenvalue weighted by Gasteiger charge is -2.11. The fourth-order valence-electron chi connectivity index (χ4n) is 1.43. The summed E-state index contributed by atoms with van der Waals surface area (Å²) >= 11 is 0. The van der Waals surface area contributed by atoms with Crippen molar-refractivity contribution in [2.24, 2.45) is 5.92 Å². The van der Waals surface area contributed by atoms with Gasteiger partial charge in [0.15, 0.2) is 0 Å². The molecular formula is C7H15NO2S. The minimum Gasteiger partial charge on any atom is -0.213 e. The van der Waals surface area contributed by atoms with E-state index in [4.69, 9.17) is 0 Å². The first-order valence-electron chi connectivity index (χ1n) is 3.99. The SMILES string of the molecule is CC[C@@H]1CCN(S(C)(=O)=O)C1. The van der Waals surface area contributed by atoms with Crippen LogP contribution in [0, 0.1) is 5.92 Å². The number of nitrogens with zero attached hydrogens (tertiary/aromatic N) is 1. The fraction of sp³-hybridized carbons (Fsp3) is 1.00. The molecule has 1 aliphatic heterocycles. The lowest BCUT2D eigenvalue weighted by atomic mass is 10.1. The van der Waals surface area contributed by atoms with Gasteiger partial charge in [-0.15, -0.1) is 0 Å². The highest BCUT2D eigenvalue weighted by Crippen LogP contribution is 2.20. The summed E-state index contributed by atoms with van der Waals surface area (Å²) in [5, 5.41) is 0. The Balaban J connectivity index is 2.55. The molecule has 0 aromatic rings. The van der Waals surface area contributed by atoms with E-state index < -0.39 is 10.0 Å². The van der Waals surface area contributed by atoms with Gasteiger partial charge in [-0.3, -0.25) is 0 Å². The Morgan fingerprint density at radius 1 is 1.55 bits per heavy atom. The van der Waals surface area contributed by atoms with Crippen LogP contribution in [0.4, 0.5) is 0 Å². The standard InChI is InChI=1S/C7H15NO2S/c1-3-7-4-5-8(6-7)11(2,9)10/h7H,3-6H2,1-2H3/t7-/m1/s1. The van der Waals surface area contributed by atoms with Crippen molar-refractivity contribution >= 4 is 10.0 Å². The van der Waals surface area contributed by atoms with Crippen LogP contribution in [-0.2, 0) is 10.0 Å². The van der Waals surface area contributed by atoms with Crippen molar-refractivity contribution in [2.45, 2.75) is 19.8 Å². The van der Waals surface area contributed by atoms with Gasteiger partial charge in [0.25, 0.3) is 0 Å². The van der Waals surface area contributed by atoms with Crippen LogP contribution in [0.2, 0.25) is 0 Å². The van der Waals surface area contributed by atoms with Crippen molar-refractivity contribution in [1.29, 1.82) is 0 Å². The van der Waals surface area contributed by atoms with Gasteiger partial charge in [-0.05, 0) is 12.3 Å². The molecule has 1 fully saturated rings. The van der Waals surface area contributed by atoms with Crippen molar-refractivity contribution in [1.82, 2.24) is 4.31 Å². The Kier molecular flexibility index (Phi) is 2.54. The summed E-state index contributed by atoms with van der Waals surface area (Å²) in [5.74, 6) is 0.588. The first-order valence-corrected chi connectivity index (χ1v) is 5.84. The molecule has 0 saturated carbocycles. The molecule has 1 heterocycles. The van der Waals surface area contributed by atoms with Gasteiger partial charge in [0.05, 0.1) is 6.26 Å². The molecule has 4 heteroatoms. The predicted octanol–water partition coefficient (Wildman–Crippen LogP) is 0.678. The zero-order chi connectivity index (χ0) is 8.48. The van der Waals surface area contributed by atoms with E-state index >= 15 is 0 Å². The van der Waals surface area contributed by atoms with E-state index in [1.54, 1.807) is 4.31 Å². The van der Waals surface area contributed by atoms with Crippen molar-refractivity contribution in [2.75, 3.05) is 19.3 Å². The summed E-state index contributed by atoms with van der Waals surface area (Å²) in [6, 6.07) is 0. The van der Waals surface area contributed by atoms with E-state index in [9.17, 15) is 8.42 Å². The highest BCUT2D eigenvalue weighted by molar-refractivity contribution is 7.88. The van der Waals surface area contributed by atoms with Crippen molar-refractivity contribution in [3.63, 3.8) is 0 Å². The molecule has 0 amide bonds. The smallest absolute Gasteiger partial charge is 0.211 e. The lowest BCUT2D eigenvalue weighted by molar-refractivity contribution is 0.457. The Morgan fingerprint density at radius 3 is 2.45 bits per heavy atom. The second-order valence-corrected chi connectivity index (χ2v) is 5.17. The van der Waals surface area contributed by atoms with Gasteiger partial charge in [-0.2, -0.15) is 0 Å². The van der Waals surface area contributed by atoms with Crippen LogP contribution >= 0.6 is 0 Å². The topological polar surface area (TPSA) is 37.4 Å². The van der Waals surface area contributed by atoms with Crippen LogP contribution in [-0.4, -0.2) is 32.1 Å². The third-order valence-corrected chi connectivity index (χ3v) is 3.56. The zero-order valence-corrected chi connectivity index (χ0v) is 7.89. The Bertz CT molecular complexity index is 223. The molecule has 0 N–H and O–H groups in total. The van der Waals surface area contributed by atoms with Crippen LogP contribution in [0.15, 0.2) is 0 Å². The van der Waals surface area contributed by atoms with Gasteiger partial charge in [0.2, 0.25) is 10.0 Å². The van der Waals surface area contributed by atoms with E-state index in [2.05, 4.69) is 6.92 Å². The minimum atomic E-state index is -2.91. The molecule has 0 radical (unpaired) electrons. The van der Waals surface area contributed by atoms with E-state index in [1.165, 1.54) is 6.26 Å². The van der Waals surface area contributed by atoms with Crippen LogP contribution in [0.1, 0.15) is 19.8 Å². The fourth-order valence-corrected chi connectivity index (χ4v) is 2.35. The molecule has 66 valence electrons. The average Bonchev–Trinajstić information content (AvgIpc) is 2.32. The molecule has 11 heavy (non-hydrogen) atoms. The van der Waals surface area contributed by atoms with Crippen LogP contribution in [0.25, 0.3) is 0 Å². The van der Waals surface area contributed by atoms with Crippen LogP contribution in [0.5, 0.6) is 0 Å². The molecule has 0 aliphatic carbocycles. The minimum absolute atomic E-state index is 0.588. The summed E-state index contributed by atoms with van der Waals surface area (Å²) < 4.78 is 23.6. The highest BCUT2D eigenvalue weighted by Gasteiger charge is 2.26. The number of hydrogen-bond donors (Lipinski definition) is 0. The summed E-state index contributed by atoms with van der Waals surface area (Å²) in [6.45, 7) is 3.56. The molecule has 1 atom stereocenters. The molecular weight excluding hydrogens is 162 g/mol. The third-order valence-electron chi connectivity index (χ3n) is 2.29. The number of sulfonamides is 1. The third kappa shape index (κ3) is 2.17. The highest BCUT2D eigenvalue weighted by atomic mass is 32.2. The monoisotopic (exact) mass is 177 g/mol. The molecule has 0 aromatic carbocycles. The lowest BCUT2D eigenvalue weighted by Crippen LogP contribution is -2.27. The van der Waals surface area contributed by atoms with Crippen LogP contribution < -0.4 is 0 Å². The van der Waals surface area contributed by atoms with Gasteiger partial charge < -0.3 is 0 Å². The molecule has 1 saturated heterocycles. The van der Waals surface area contributed by atoms with Crippen LogP contribution in [0.3, 0.4) is 0 Å². The van der Waals surface area contributed by atoms with E-state index in [0.29, 0.717) is 5.92 Å². The van der Waals surface area contributed by atoms with E-state index in [1.807, 2.05) is 0 Å². The summed E-state index contributed by atoms with van der Waals surface area (Å²) in [6.07, 6.45) is 3.40. The molecule has 1 aliphatic rings. The second-order valence-electron chi connectivity index (χ2n) is 3.18. The summed E-state index contributed by atoms with van der Waals surface area (Å²) in [5.41, 5.74) is 0. The molecule has 0 unspecified atom stereocenters. The van der Waals surface area contributed by atoms with Crippen molar-refractivity contribution < 1.29 is 8.42 Å². The summed E-state index contributed by atoms with van der Waals surface area (Å²) in [7, 11) is -2.91. The Labute approximate surface area is 68.4 Å². The molecule has 3 nitrogen and oxygen atoms in total. The number of rotatable bonds is 2. The van der Waals surface area contributed by atoms with Gasteiger partial charge in [-0.25, -0.2) is 12.7 Å². The van der Waals surface area contributed by atoms with Gasteiger partial charge in [0, 0.05) is 13.1 Å². The summed E-state index contributed by atoms with van der Waals surface area (Å²) in [4.78, 5) is 0. The van der Waals surface area contributed by atoms with Crippen molar-refractivity contribution in [3.05, 3.63) is 0 Å². The van der Waals surface area contributed by atoms with Gasteiger partial charge in [0.1, 0.15) is 0 Å². The van der Waals surface area contributed by atoms with Gasteiger partial charge in [-0.1, -0.05) is 13.3 Å². The predicted molar refractivity (Wildman–Crippen MR) is 44.8 cm³/mol.